The number of benzene rings is 1. The van der Waals surface area contributed by atoms with Crippen LogP contribution in [-0.4, -0.2) is 17.6 Å². The molecule has 0 fully saturated rings. The Hall–Kier alpha value is -2.27. The SMILES string of the molecule is NC(=NO)c1ccccc1CNCCc1ccco1. The van der Waals surface area contributed by atoms with Crippen LogP contribution in [0, 0.1) is 0 Å². The fraction of sp³-hybridized carbons (Fsp3) is 0.214. The average molecular weight is 259 g/mol. The average Bonchev–Trinajstić information content (AvgIpc) is 2.96. The molecular formula is C14H17N3O2. The lowest BCUT2D eigenvalue weighted by Gasteiger charge is -2.09. The van der Waals surface area contributed by atoms with Gasteiger partial charge in [0.2, 0.25) is 0 Å². The number of nitrogens with two attached hydrogens (primary N) is 1. The largest absolute Gasteiger partial charge is 0.469 e. The van der Waals surface area contributed by atoms with E-state index in [-0.39, 0.29) is 5.84 Å². The molecule has 2 rings (SSSR count). The van der Waals surface area contributed by atoms with Crippen molar-refractivity contribution in [2.45, 2.75) is 13.0 Å². The molecule has 1 heterocycles. The summed E-state index contributed by atoms with van der Waals surface area (Å²) in [6, 6.07) is 11.4. The second kappa shape index (κ2) is 6.61. The van der Waals surface area contributed by atoms with Gasteiger partial charge in [-0.2, -0.15) is 0 Å². The molecule has 5 heteroatoms. The topological polar surface area (TPSA) is 83.8 Å². The zero-order valence-corrected chi connectivity index (χ0v) is 10.5. The van der Waals surface area contributed by atoms with Crippen molar-refractivity contribution < 1.29 is 9.62 Å². The standard InChI is InChI=1S/C14H17N3O2/c15-14(17-18)13-6-2-1-4-11(13)10-16-8-7-12-5-3-9-19-12/h1-6,9,16,18H,7-8,10H2,(H2,15,17). The molecule has 0 saturated carbocycles. The van der Waals surface area contributed by atoms with E-state index in [1.807, 2.05) is 36.4 Å². The van der Waals surface area contributed by atoms with Gasteiger partial charge in [0.25, 0.3) is 0 Å². The van der Waals surface area contributed by atoms with Crippen molar-refractivity contribution in [2.75, 3.05) is 6.54 Å². The summed E-state index contributed by atoms with van der Waals surface area (Å²) < 4.78 is 5.25. The first-order valence-electron chi connectivity index (χ1n) is 6.10. The maximum Gasteiger partial charge on any atom is 0.170 e. The molecule has 5 nitrogen and oxygen atoms in total. The summed E-state index contributed by atoms with van der Waals surface area (Å²) in [5.74, 6) is 1.08. The maximum atomic E-state index is 8.74. The Balaban J connectivity index is 1.89. The van der Waals surface area contributed by atoms with Crippen molar-refractivity contribution in [1.29, 1.82) is 0 Å². The van der Waals surface area contributed by atoms with Crippen LogP contribution in [0.3, 0.4) is 0 Å². The quantitative estimate of drug-likeness (QED) is 0.242. The molecule has 0 saturated heterocycles. The van der Waals surface area contributed by atoms with E-state index >= 15 is 0 Å². The van der Waals surface area contributed by atoms with Crippen molar-refractivity contribution >= 4 is 5.84 Å². The van der Waals surface area contributed by atoms with Crippen molar-refractivity contribution in [3.63, 3.8) is 0 Å². The minimum Gasteiger partial charge on any atom is -0.469 e. The van der Waals surface area contributed by atoms with Gasteiger partial charge in [0.15, 0.2) is 5.84 Å². The highest BCUT2D eigenvalue weighted by molar-refractivity contribution is 5.98. The van der Waals surface area contributed by atoms with Gasteiger partial charge in [0.1, 0.15) is 5.76 Å². The van der Waals surface area contributed by atoms with E-state index < -0.39 is 0 Å². The third-order valence-electron chi connectivity index (χ3n) is 2.84. The fourth-order valence-corrected chi connectivity index (χ4v) is 1.87. The smallest absolute Gasteiger partial charge is 0.170 e. The van der Waals surface area contributed by atoms with Crippen LogP contribution in [0.15, 0.2) is 52.2 Å². The molecule has 0 aliphatic carbocycles. The lowest BCUT2D eigenvalue weighted by molar-refractivity contribution is 0.318. The van der Waals surface area contributed by atoms with Gasteiger partial charge in [0, 0.05) is 25.1 Å². The molecule has 0 atom stereocenters. The Kier molecular flexibility index (Phi) is 4.58. The van der Waals surface area contributed by atoms with E-state index in [9.17, 15) is 0 Å². The summed E-state index contributed by atoms with van der Waals surface area (Å²) in [5, 5.41) is 15.1. The Morgan fingerprint density at radius 1 is 1.26 bits per heavy atom. The molecule has 0 aliphatic heterocycles. The number of nitrogens with zero attached hydrogens (tertiary/aromatic N) is 1. The van der Waals surface area contributed by atoms with Crippen LogP contribution < -0.4 is 11.1 Å². The molecule has 1 aromatic carbocycles. The van der Waals surface area contributed by atoms with Crippen molar-refractivity contribution in [1.82, 2.24) is 5.32 Å². The summed E-state index contributed by atoms with van der Waals surface area (Å²) in [6.07, 6.45) is 2.50. The molecule has 2 aromatic rings. The van der Waals surface area contributed by atoms with Crippen LogP contribution in [0.2, 0.25) is 0 Å². The molecule has 0 radical (unpaired) electrons. The molecule has 0 aliphatic rings. The van der Waals surface area contributed by atoms with Gasteiger partial charge in [-0.05, 0) is 17.7 Å². The zero-order chi connectivity index (χ0) is 13.5. The molecule has 19 heavy (non-hydrogen) atoms. The second-order valence-electron chi connectivity index (χ2n) is 4.15. The van der Waals surface area contributed by atoms with Crippen LogP contribution in [0.1, 0.15) is 16.9 Å². The van der Waals surface area contributed by atoms with Crippen LogP contribution in [0.25, 0.3) is 0 Å². The predicted molar refractivity (Wildman–Crippen MR) is 73.1 cm³/mol. The third-order valence-corrected chi connectivity index (χ3v) is 2.84. The first-order valence-corrected chi connectivity index (χ1v) is 6.10. The molecule has 0 unspecified atom stereocenters. The van der Waals surface area contributed by atoms with Crippen LogP contribution in [-0.2, 0) is 13.0 Å². The first kappa shape index (κ1) is 13.2. The summed E-state index contributed by atoms with van der Waals surface area (Å²) in [7, 11) is 0. The van der Waals surface area contributed by atoms with Gasteiger partial charge in [-0.1, -0.05) is 29.4 Å². The number of furan rings is 1. The second-order valence-corrected chi connectivity index (χ2v) is 4.15. The van der Waals surface area contributed by atoms with Crippen LogP contribution >= 0.6 is 0 Å². The lowest BCUT2D eigenvalue weighted by Crippen LogP contribution is -2.21. The maximum absolute atomic E-state index is 8.74. The van der Waals surface area contributed by atoms with Crippen LogP contribution in [0.4, 0.5) is 0 Å². The van der Waals surface area contributed by atoms with E-state index in [0.29, 0.717) is 6.54 Å². The van der Waals surface area contributed by atoms with Crippen LogP contribution in [0.5, 0.6) is 0 Å². The monoisotopic (exact) mass is 259 g/mol. The highest BCUT2D eigenvalue weighted by Gasteiger charge is 2.05. The Labute approximate surface area is 111 Å². The number of rotatable bonds is 6. The summed E-state index contributed by atoms with van der Waals surface area (Å²) in [5.41, 5.74) is 7.38. The van der Waals surface area contributed by atoms with Gasteiger partial charge < -0.3 is 20.7 Å². The first-order chi connectivity index (χ1) is 9.31. The molecule has 0 bridgehead atoms. The van der Waals surface area contributed by atoms with Gasteiger partial charge in [-0.3, -0.25) is 0 Å². The van der Waals surface area contributed by atoms with Crippen molar-refractivity contribution in [3.05, 3.63) is 59.5 Å². The lowest BCUT2D eigenvalue weighted by atomic mass is 10.1. The number of nitrogens with one attached hydrogen (secondary N) is 1. The van der Waals surface area contributed by atoms with E-state index in [1.54, 1.807) is 6.26 Å². The van der Waals surface area contributed by atoms with Crippen molar-refractivity contribution in [2.24, 2.45) is 10.9 Å². The molecule has 1 aromatic heterocycles. The van der Waals surface area contributed by atoms with Gasteiger partial charge in [-0.25, -0.2) is 0 Å². The highest BCUT2D eigenvalue weighted by Crippen LogP contribution is 2.08. The number of hydrogen-bond donors (Lipinski definition) is 3. The van der Waals surface area contributed by atoms with E-state index in [1.165, 1.54) is 0 Å². The Morgan fingerprint density at radius 2 is 2.11 bits per heavy atom. The van der Waals surface area contributed by atoms with Gasteiger partial charge in [0.05, 0.1) is 6.26 Å². The van der Waals surface area contributed by atoms with E-state index in [4.69, 9.17) is 15.4 Å². The highest BCUT2D eigenvalue weighted by atomic mass is 16.4. The molecule has 0 spiro atoms. The summed E-state index contributed by atoms with van der Waals surface area (Å²) >= 11 is 0. The molecule has 0 amide bonds. The fourth-order valence-electron chi connectivity index (χ4n) is 1.87. The Morgan fingerprint density at radius 3 is 2.84 bits per heavy atom. The molecule has 100 valence electrons. The van der Waals surface area contributed by atoms with Gasteiger partial charge in [-0.15, -0.1) is 0 Å². The number of amidine groups is 1. The summed E-state index contributed by atoms with van der Waals surface area (Å²) in [6.45, 7) is 1.46. The third kappa shape index (κ3) is 3.59. The van der Waals surface area contributed by atoms with E-state index in [0.717, 1.165) is 29.9 Å². The summed E-state index contributed by atoms with van der Waals surface area (Å²) in [4.78, 5) is 0. The molecule has 4 N–H and O–H groups in total. The van der Waals surface area contributed by atoms with Gasteiger partial charge >= 0.3 is 0 Å². The number of hydrogen-bond acceptors (Lipinski definition) is 4. The predicted octanol–water partition coefficient (Wildman–Crippen LogP) is 1.71. The Bertz CT molecular complexity index is 535. The minimum absolute atomic E-state index is 0.128. The molecular weight excluding hydrogens is 242 g/mol. The zero-order valence-electron chi connectivity index (χ0n) is 10.5. The van der Waals surface area contributed by atoms with Crippen molar-refractivity contribution in [3.8, 4) is 0 Å². The normalized spacial score (nSPS) is 11.7. The minimum atomic E-state index is 0.128. The van der Waals surface area contributed by atoms with E-state index in [2.05, 4.69) is 10.5 Å². The number of oxime groups is 1.